The standard InChI is InChI=1S/C10H12N2O5S3/c1-20(16,17)7-5-18-3-2-12(7)9(13)8-11-6(4-19-8)10(14)15/h4,7H,2-3,5H2,1H3,(H,14,15). The van der Waals surface area contributed by atoms with Gasteiger partial charge in [0.25, 0.3) is 5.91 Å². The van der Waals surface area contributed by atoms with Crippen LogP contribution in [-0.4, -0.2) is 65.0 Å². The number of hydrogen-bond acceptors (Lipinski definition) is 7. The Morgan fingerprint density at radius 2 is 2.20 bits per heavy atom. The van der Waals surface area contributed by atoms with E-state index < -0.39 is 27.1 Å². The zero-order valence-electron chi connectivity index (χ0n) is 10.5. The Morgan fingerprint density at radius 1 is 1.50 bits per heavy atom. The molecule has 10 heteroatoms. The number of carboxylic acids is 1. The molecular formula is C10H12N2O5S3. The highest BCUT2D eigenvalue weighted by atomic mass is 32.2. The molecule has 2 heterocycles. The predicted octanol–water partition coefficient (Wildman–Crippen LogP) is 0.401. The molecule has 1 aliphatic heterocycles. The van der Waals surface area contributed by atoms with Gasteiger partial charge < -0.3 is 10.0 Å². The molecular weight excluding hydrogens is 324 g/mol. The van der Waals surface area contributed by atoms with Gasteiger partial charge in [0, 0.05) is 29.7 Å². The van der Waals surface area contributed by atoms with Crippen LogP contribution in [0.25, 0.3) is 0 Å². The average Bonchev–Trinajstić information content (AvgIpc) is 2.86. The van der Waals surface area contributed by atoms with Gasteiger partial charge in [-0.15, -0.1) is 11.3 Å². The highest BCUT2D eigenvalue weighted by Crippen LogP contribution is 2.23. The van der Waals surface area contributed by atoms with Gasteiger partial charge in [0.15, 0.2) is 20.5 Å². The summed E-state index contributed by atoms with van der Waals surface area (Å²) >= 11 is 2.38. The maximum atomic E-state index is 12.3. The maximum absolute atomic E-state index is 12.3. The van der Waals surface area contributed by atoms with E-state index in [1.807, 2.05) is 0 Å². The summed E-state index contributed by atoms with van der Waals surface area (Å²) in [5.41, 5.74) is -0.208. The number of sulfone groups is 1. The van der Waals surface area contributed by atoms with Gasteiger partial charge in [-0.05, 0) is 0 Å². The third kappa shape index (κ3) is 3.13. The van der Waals surface area contributed by atoms with E-state index in [9.17, 15) is 18.0 Å². The molecule has 2 rings (SSSR count). The Hall–Kier alpha value is -1.13. The summed E-state index contributed by atoms with van der Waals surface area (Å²) in [6.45, 7) is 0.309. The minimum atomic E-state index is -3.39. The maximum Gasteiger partial charge on any atom is 0.355 e. The van der Waals surface area contributed by atoms with Crippen LogP contribution in [-0.2, 0) is 9.84 Å². The van der Waals surface area contributed by atoms with Crippen molar-refractivity contribution in [2.75, 3.05) is 24.3 Å². The van der Waals surface area contributed by atoms with Crippen LogP contribution in [0.4, 0.5) is 0 Å². The highest BCUT2D eigenvalue weighted by Gasteiger charge is 2.35. The number of thioether (sulfide) groups is 1. The van der Waals surface area contributed by atoms with Crippen LogP contribution in [0.15, 0.2) is 5.38 Å². The number of hydrogen-bond donors (Lipinski definition) is 1. The van der Waals surface area contributed by atoms with E-state index in [1.54, 1.807) is 0 Å². The molecule has 0 saturated carbocycles. The molecule has 20 heavy (non-hydrogen) atoms. The second-order valence-corrected chi connectivity index (χ2v) is 8.41. The molecule has 0 bridgehead atoms. The first-order valence-electron chi connectivity index (χ1n) is 5.57. The minimum absolute atomic E-state index is 0.00273. The number of thiazole rings is 1. The number of nitrogens with zero attached hydrogens (tertiary/aromatic N) is 2. The van der Waals surface area contributed by atoms with Crippen molar-refractivity contribution in [3.05, 3.63) is 16.1 Å². The van der Waals surface area contributed by atoms with Gasteiger partial charge in [0.05, 0.1) is 0 Å². The fourth-order valence-electron chi connectivity index (χ4n) is 1.76. The van der Waals surface area contributed by atoms with Crippen molar-refractivity contribution in [1.29, 1.82) is 0 Å². The molecule has 0 aliphatic carbocycles. The molecule has 1 atom stereocenters. The van der Waals surface area contributed by atoms with Gasteiger partial charge in [-0.1, -0.05) is 0 Å². The van der Waals surface area contributed by atoms with Gasteiger partial charge in [0.1, 0.15) is 5.37 Å². The van der Waals surface area contributed by atoms with Crippen LogP contribution in [0.1, 0.15) is 20.3 Å². The molecule has 1 aromatic rings. The molecule has 7 nitrogen and oxygen atoms in total. The van der Waals surface area contributed by atoms with E-state index in [1.165, 1.54) is 22.0 Å². The predicted molar refractivity (Wildman–Crippen MR) is 76.1 cm³/mol. The van der Waals surface area contributed by atoms with Gasteiger partial charge in [-0.2, -0.15) is 11.8 Å². The Balaban J connectivity index is 2.27. The number of aromatic nitrogens is 1. The molecule has 1 N–H and O–H groups in total. The lowest BCUT2D eigenvalue weighted by Gasteiger charge is -2.33. The van der Waals surface area contributed by atoms with Crippen molar-refractivity contribution < 1.29 is 23.1 Å². The molecule has 1 aromatic heterocycles. The van der Waals surface area contributed by atoms with E-state index >= 15 is 0 Å². The first kappa shape index (κ1) is 15.3. The molecule has 1 fully saturated rings. The van der Waals surface area contributed by atoms with Crippen molar-refractivity contribution in [3.8, 4) is 0 Å². The average molecular weight is 336 g/mol. The number of carbonyl (C=O) groups excluding carboxylic acids is 1. The minimum Gasteiger partial charge on any atom is -0.476 e. The Labute approximate surface area is 123 Å². The lowest BCUT2D eigenvalue weighted by Crippen LogP contribution is -2.49. The zero-order valence-corrected chi connectivity index (χ0v) is 12.9. The highest BCUT2D eigenvalue weighted by molar-refractivity contribution is 8.00. The number of rotatable bonds is 3. The van der Waals surface area contributed by atoms with Gasteiger partial charge in [-0.3, -0.25) is 4.79 Å². The summed E-state index contributed by atoms with van der Waals surface area (Å²) in [6.07, 6.45) is 1.09. The van der Waals surface area contributed by atoms with Crippen LogP contribution >= 0.6 is 23.1 Å². The summed E-state index contributed by atoms with van der Waals surface area (Å²) in [6, 6.07) is 0. The monoisotopic (exact) mass is 336 g/mol. The zero-order chi connectivity index (χ0) is 14.9. The molecule has 0 radical (unpaired) electrons. The molecule has 1 saturated heterocycles. The second kappa shape index (κ2) is 5.70. The van der Waals surface area contributed by atoms with Crippen LogP contribution in [0, 0.1) is 0 Å². The van der Waals surface area contributed by atoms with Gasteiger partial charge in [0.2, 0.25) is 0 Å². The van der Waals surface area contributed by atoms with Gasteiger partial charge in [-0.25, -0.2) is 18.2 Å². The molecule has 0 spiro atoms. The lowest BCUT2D eigenvalue weighted by atomic mass is 10.4. The SMILES string of the molecule is CS(=O)(=O)C1CSCCN1C(=O)c1nc(C(=O)O)cs1. The van der Waals surface area contributed by atoms with Crippen molar-refractivity contribution in [2.45, 2.75) is 5.37 Å². The van der Waals surface area contributed by atoms with E-state index in [4.69, 9.17) is 5.11 Å². The van der Waals surface area contributed by atoms with Crippen molar-refractivity contribution in [2.24, 2.45) is 0 Å². The van der Waals surface area contributed by atoms with Crippen molar-refractivity contribution in [1.82, 2.24) is 9.88 Å². The first-order valence-corrected chi connectivity index (χ1v) is 9.56. The number of aromatic carboxylic acids is 1. The fourth-order valence-corrected chi connectivity index (χ4v) is 5.32. The third-order valence-corrected chi connectivity index (χ3v) is 6.22. The largest absolute Gasteiger partial charge is 0.476 e. The van der Waals surface area contributed by atoms with Crippen LogP contribution in [0.2, 0.25) is 0 Å². The van der Waals surface area contributed by atoms with Crippen LogP contribution in [0.5, 0.6) is 0 Å². The van der Waals surface area contributed by atoms with E-state index in [0.717, 1.165) is 17.6 Å². The van der Waals surface area contributed by atoms with E-state index in [0.29, 0.717) is 18.1 Å². The topological polar surface area (TPSA) is 105 Å². The smallest absolute Gasteiger partial charge is 0.355 e. The summed E-state index contributed by atoms with van der Waals surface area (Å²) in [5.74, 6) is -0.774. The number of amides is 1. The van der Waals surface area contributed by atoms with E-state index in [-0.39, 0.29) is 10.7 Å². The quantitative estimate of drug-likeness (QED) is 0.852. The Kier molecular flexibility index (Phi) is 4.35. The summed E-state index contributed by atoms with van der Waals surface area (Å²) in [7, 11) is -3.39. The third-order valence-electron chi connectivity index (χ3n) is 2.75. The molecule has 1 aliphatic rings. The number of carbonyl (C=O) groups is 2. The molecule has 1 amide bonds. The Morgan fingerprint density at radius 3 is 2.75 bits per heavy atom. The molecule has 1 unspecified atom stereocenters. The first-order chi connectivity index (χ1) is 9.30. The van der Waals surface area contributed by atoms with Crippen molar-refractivity contribution >= 4 is 44.8 Å². The summed E-state index contributed by atoms with van der Waals surface area (Å²) < 4.78 is 23.5. The number of carboxylic acid groups (broad SMARTS) is 1. The van der Waals surface area contributed by atoms with Crippen molar-refractivity contribution in [3.63, 3.8) is 0 Å². The Bertz CT molecular complexity index is 639. The second-order valence-electron chi connectivity index (χ2n) is 4.20. The van der Waals surface area contributed by atoms with Crippen LogP contribution in [0.3, 0.4) is 0 Å². The lowest BCUT2D eigenvalue weighted by molar-refractivity contribution is 0.0691. The van der Waals surface area contributed by atoms with E-state index in [2.05, 4.69) is 4.98 Å². The van der Waals surface area contributed by atoms with Gasteiger partial charge >= 0.3 is 5.97 Å². The summed E-state index contributed by atoms with van der Waals surface area (Å²) in [4.78, 5) is 28.0. The fraction of sp³-hybridized carbons (Fsp3) is 0.500. The molecule has 110 valence electrons. The van der Waals surface area contributed by atoms with Crippen LogP contribution < -0.4 is 0 Å². The molecule has 0 aromatic carbocycles. The summed E-state index contributed by atoms with van der Waals surface area (Å²) in [5, 5.41) is 9.18. The normalized spacial score (nSPS) is 19.9.